The van der Waals surface area contributed by atoms with Gasteiger partial charge in [0.25, 0.3) is 0 Å². The Hall–Kier alpha value is -3.21. The Bertz CT molecular complexity index is 1010. The van der Waals surface area contributed by atoms with E-state index >= 15 is 0 Å². The molecule has 1 aliphatic carbocycles. The van der Waals surface area contributed by atoms with E-state index in [9.17, 15) is 4.79 Å². The molecule has 1 amide bonds. The van der Waals surface area contributed by atoms with Crippen molar-refractivity contribution in [1.82, 2.24) is 9.97 Å². The average molecular weight is 370 g/mol. The summed E-state index contributed by atoms with van der Waals surface area (Å²) in [5.74, 6) is 1.02. The minimum absolute atomic E-state index is 0.000442. The predicted octanol–water partition coefficient (Wildman–Crippen LogP) is 4.26. The van der Waals surface area contributed by atoms with Crippen LogP contribution in [0.2, 0.25) is 0 Å². The number of amides is 1. The van der Waals surface area contributed by atoms with Crippen LogP contribution in [0.4, 0.5) is 17.2 Å². The lowest BCUT2D eigenvalue weighted by Crippen LogP contribution is -2.35. The Kier molecular flexibility index (Phi) is 4.28. The van der Waals surface area contributed by atoms with Crippen LogP contribution in [-0.4, -0.2) is 15.9 Å². The first-order chi connectivity index (χ1) is 13.8. The Labute approximate surface area is 164 Å². The van der Waals surface area contributed by atoms with Gasteiger partial charge in [0, 0.05) is 29.6 Å². The summed E-state index contributed by atoms with van der Waals surface area (Å²) in [5.41, 5.74) is 5.30. The van der Waals surface area contributed by atoms with E-state index in [0.29, 0.717) is 6.54 Å². The Morgan fingerprint density at radius 3 is 2.64 bits per heavy atom. The number of rotatable bonds is 1. The van der Waals surface area contributed by atoms with Gasteiger partial charge in [-0.25, -0.2) is 4.98 Å². The van der Waals surface area contributed by atoms with Crippen molar-refractivity contribution in [3.05, 3.63) is 77.7 Å². The van der Waals surface area contributed by atoms with Gasteiger partial charge in [-0.05, 0) is 55.5 Å². The standard InChI is InChI=1S/C23H22N4O/c28-23(17-10-9-16-5-3-13-24-19(16)12-11-17)27-15-18-6-4-14-25-22(18)26-20-7-1-2-8-21(20)27/h1-8,13-14,17H,9-12,15H2,(H,25,26). The topological polar surface area (TPSA) is 58.1 Å². The van der Waals surface area contributed by atoms with Gasteiger partial charge < -0.3 is 10.2 Å². The summed E-state index contributed by atoms with van der Waals surface area (Å²) in [6.45, 7) is 0.535. The maximum Gasteiger partial charge on any atom is 0.230 e. The normalized spacial score (nSPS) is 18.0. The molecule has 0 fully saturated rings. The third-order valence-electron chi connectivity index (χ3n) is 5.76. The molecule has 3 heterocycles. The SMILES string of the molecule is O=C(C1CCc2cccnc2CC1)N1Cc2cccnc2Nc2ccccc21. The minimum atomic E-state index is 0.000442. The van der Waals surface area contributed by atoms with Crippen LogP contribution in [-0.2, 0) is 24.2 Å². The van der Waals surface area contributed by atoms with Crippen molar-refractivity contribution in [2.75, 3.05) is 10.2 Å². The van der Waals surface area contributed by atoms with Crippen molar-refractivity contribution in [3.63, 3.8) is 0 Å². The smallest absolute Gasteiger partial charge is 0.230 e. The molecule has 2 aliphatic rings. The third-order valence-corrected chi connectivity index (χ3v) is 5.76. The molecule has 1 unspecified atom stereocenters. The van der Waals surface area contributed by atoms with Crippen LogP contribution >= 0.6 is 0 Å². The fourth-order valence-electron chi connectivity index (χ4n) is 4.25. The maximum atomic E-state index is 13.6. The zero-order chi connectivity index (χ0) is 18.9. The van der Waals surface area contributed by atoms with E-state index in [-0.39, 0.29) is 11.8 Å². The Balaban J connectivity index is 1.47. The van der Waals surface area contributed by atoms with E-state index in [4.69, 9.17) is 0 Å². The molecular weight excluding hydrogens is 348 g/mol. The summed E-state index contributed by atoms with van der Waals surface area (Å²) in [6, 6.07) is 16.1. The van der Waals surface area contributed by atoms with Crippen molar-refractivity contribution in [3.8, 4) is 0 Å². The van der Waals surface area contributed by atoms with Crippen LogP contribution in [0.15, 0.2) is 60.9 Å². The molecule has 0 saturated carbocycles. The number of benzene rings is 1. The van der Waals surface area contributed by atoms with Gasteiger partial charge in [0.2, 0.25) is 5.91 Å². The summed E-state index contributed by atoms with van der Waals surface area (Å²) in [6.07, 6.45) is 7.10. The third kappa shape index (κ3) is 3.03. The highest BCUT2D eigenvalue weighted by atomic mass is 16.2. The molecule has 2 aromatic heterocycles. The Morgan fingerprint density at radius 2 is 1.71 bits per heavy atom. The van der Waals surface area contributed by atoms with Gasteiger partial charge in [0.1, 0.15) is 5.82 Å². The zero-order valence-corrected chi connectivity index (χ0v) is 15.6. The predicted molar refractivity (Wildman–Crippen MR) is 110 cm³/mol. The minimum Gasteiger partial charge on any atom is -0.338 e. The summed E-state index contributed by atoms with van der Waals surface area (Å²) in [4.78, 5) is 24.6. The number of aromatic nitrogens is 2. The number of aryl methyl sites for hydroxylation is 2. The molecule has 1 aromatic carbocycles. The number of anilines is 3. The first-order valence-corrected chi connectivity index (χ1v) is 9.84. The largest absolute Gasteiger partial charge is 0.338 e. The van der Waals surface area contributed by atoms with Crippen LogP contribution in [0.1, 0.15) is 29.7 Å². The summed E-state index contributed by atoms with van der Waals surface area (Å²) < 4.78 is 0. The molecule has 28 heavy (non-hydrogen) atoms. The lowest BCUT2D eigenvalue weighted by Gasteiger charge is -2.27. The van der Waals surface area contributed by atoms with E-state index < -0.39 is 0 Å². The molecule has 1 aliphatic heterocycles. The zero-order valence-electron chi connectivity index (χ0n) is 15.6. The molecule has 5 heteroatoms. The molecule has 5 rings (SSSR count). The molecule has 1 N–H and O–H groups in total. The molecule has 1 atom stereocenters. The van der Waals surface area contributed by atoms with Gasteiger partial charge in [-0.3, -0.25) is 9.78 Å². The van der Waals surface area contributed by atoms with Crippen molar-refractivity contribution >= 4 is 23.1 Å². The summed E-state index contributed by atoms with van der Waals surface area (Å²) in [5, 5.41) is 3.40. The van der Waals surface area contributed by atoms with Gasteiger partial charge in [-0.1, -0.05) is 24.3 Å². The number of nitrogens with zero attached hydrogens (tertiary/aromatic N) is 3. The molecule has 5 nitrogen and oxygen atoms in total. The number of carbonyl (C=O) groups excluding carboxylic acids is 1. The highest BCUT2D eigenvalue weighted by Gasteiger charge is 2.31. The Morgan fingerprint density at radius 1 is 0.929 bits per heavy atom. The molecule has 3 aromatic rings. The van der Waals surface area contributed by atoms with Crippen molar-refractivity contribution < 1.29 is 4.79 Å². The van der Waals surface area contributed by atoms with E-state index in [1.165, 1.54) is 5.56 Å². The number of hydrogen-bond donors (Lipinski definition) is 1. The van der Waals surface area contributed by atoms with E-state index in [1.807, 2.05) is 53.6 Å². The lowest BCUT2D eigenvalue weighted by molar-refractivity contribution is -0.122. The van der Waals surface area contributed by atoms with E-state index in [1.54, 1.807) is 6.20 Å². The monoisotopic (exact) mass is 370 g/mol. The second-order valence-electron chi connectivity index (χ2n) is 7.46. The van der Waals surface area contributed by atoms with Gasteiger partial charge in [-0.2, -0.15) is 0 Å². The van der Waals surface area contributed by atoms with Crippen LogP contribution in [0.25, 0.3) is 0 Å². The van der Waals surface area contributed by atoms with E-state index in [0.717, 1.165) is 54.1 Å². The number of para-hydroxylation sites is 2. The van der Waals surface area contributed by atoms with Crippen LogP contribution in [0, 0.1) is 5.92 Å². The summed E-state index contributed by atoms with van der Waals surface area (Å²) >= 11 is 0. The van der Waals surface area contributed by atoms with Crippen LogP contribution in [0.5, 0.6) is 0 Å². The molecule has 140 valence electrons. The number of fused-ring (bicyclic) bond motifs is 3. The van der Waals surface area contributed by atoms with Gasteiger partial charge in [-0.15, -0.1) is 0 Å². The number of hydrogen-bond acceptors (Lipinski definition) is 4. The quantitative estimate of drug-likeness (QED) is 0.650. The lowest BCUT2D eigenvalue weighted by atomic mass is 9.97. The average Bonchev–Trinajstić information content (AvgIpc) is 3.05. The molecule has 0 radical (unpaired) electrons. The van der Waals surface area contributed by atoms with Gasteiger partial charge in [0.05, 0.1) is 17.9 Å². The first kappa shape index (κ1) is 16.9. The maximum absolute atomic E-state index is 13.6. The van der Waals surface area contributed by atoms with Crippen LogP contribution < -0.4 is 10.2 Å². The molecule has 0 spiro atoms. The number of pyridine rings is 2. The highest BCUT2D eigenvalue weighted by Crippen LogP contribution is 2.36. The van der Waals surface area contributed by atoms with Crippen molar-refractivity contribution in [2.24, 2.45) is 5.92 Å². The fraction of sp³-hybridized carbons (Fsp3) is 0.261. The molecule has 0 bridgehead atoms. The molecular formula is C23H22N4O. The summed E-state index contributed by atoms with van der Waals surface area (Å²) in [7, 11) is 0. The number of carbonyl (C=O) groups is 1. The van der Waals surface area contributed by atoms with Gasteiger partial charge >= 0.3 is 0 Å². The number of nitrogens with one attached hydrogen (secondary N) is 1. The van der Waals surface area contributed by atoms with Crippen LogP contribution in [0.3, 0.4) is 0 Å². The highest BCUT2D eigenvalue weighted by molar-refractivity contribution is 5.99. The first-order valence-electron chi connectivity index (χ1n) is 9.84. The van der Waals surface area contributed by atoms with Gasteiger partial charge in [0.15, 0.2) is 0 Å². The van der Waals surface area contributed by atoms with Crippen molar-refractivity contribution in [1.29, 1.82) is 0 Å². The second-order valence-corrected chi connectivity index (χ2v) is 7.46. The molecule has 0 saturated heterocycles. The second kappa shape index (κ2) is 7.08. The fourth-order valence-corrected chi connectivity index (χ4v) is 4.25. The van der Waals surface area contributed by atoms with E-state index in [2.05, 4.69) is 21.4 Å². The van der Waals surface area contributed by atoms with Crippen molar-refractivity contribution in [2.45, 2.75) is 32.2 Å².